The fourth-order valence-corrected chi connectivity index (χ4v) is 2.63. The third-order valence-corrected chi connectivity index (χ3v) is 4.29. The first-order chi connectivity index (χ1) is 12.1. The Morgan fingerprint density at radius 1 is 1.28 bits per heavy atom. The molecule has 0 amide bonds. The summed E-state index contributed by atoms with van der Waals surface area (Å²) in [7, 11) is 1.55. The minimum absolute atomic E-state index is 0.357. The number of tetrazole rings is 1. The monoisotopic (exact) mass is 374 g/mol. The van der Waals surface area contributed by atoms with Crippen molar-refractivity contribution >= 4 is 29.2 Å². The number of nitrogens with zero attached hydrogens (tertiary/aromatic N) is 5. The first-order valence-electron chi connectivity index (χ1n) is 7.17. The average molecular weight is 375 g/mol. The van der Waals surface area contributed by atoms with Crippen LogP contribution in [0.2, 0.25) is 10.0 Å². The van der Waals surface area contributed by atoms with E-state index in [1.54, 1.807) is 37.4 Å². The summed E-state index contributed by atoms with van der Waals surface area (Å²) >= 11 is 12.3. The molecule has 0 radical (unpaired) electrons. The molecule has 0 atom stereocenters. The number of hydrogen-bond donors (Lipinski definition) is 1. The second-order valence-electron chi connectivity index (χ2n) is 4.98. The zero-order valence-electron chi connectivity index (χ0n) is 13.1. The van der Waals surface area contributed by atoms with Crippen LogP contribution in [0.1, 0.15) is 11.1 Å². The van der Waals surface area contributed by atoms with E-state index in [1.807, 2.05) is 6.07 Å². The SMILES string of the molecule is COc1cc(C#N)ccc1CNc1nnnn1-c1cccc(Cl)c1Cl. The lowest BCUT2D eigenvalue weighted by molar-refractivity contribution is 0.410. The number of rotatable bonds is 5. The Balaban J connectivity index is 1.86. The Morgan fingerprint density at radius 2 is 2.12 bits per heavy atom. The van der Waals surface area contributed by atoms with E-state index in [9.17, 15) is 0 Å². The standard InChI is InChI=1S/C16H12Cl2N6O/c1-25-14-7-10(8-19)5-6-11(14)9-20-16-21-22-23-24(16)13-4-2-3-12(17)15(13)18/h2-7H,9H2,1H3,(H,20,21,23). The summed E-state index contributed by atoms with van der Waals surface area (Å²) in [6.07, 6.45) is 0. The number of anilines is 1. The number of halogens is 2. The molecule has 126 valence electrons. The van der Waals surface area contributed by atoms with Gasteiger partial charge in [0.2, 0.25) is 5.95 Å². The molecule has 0 saturated heterocycles. The van der Waals surface area contributed by atoms with Gasteiger partial charge in [0.05, 0.1) is 34.5 Å². The highest BCUT2D eigenvalue weighted by molar-refractivity contribution is 6.43. The summed E-state index contributed by atoms with van der Waals surface area (Å²) in [5, 5.41) is 24.4. The van der Waals surface area contributed by atoms with Gasteiger partial charge in [0, 0.05) is 12.1 Å². The number of hydrogen-bond acceptors (Lipinski definition) is 6. The molecule has 0 saturated carbocycles. The van der Waals surface area contributed by atoms with E-state index in [1.165, 1.54) is 4.68 Å². The van der Waals surface area contributed by atoms with E-state index < -0.39 is 0 Å². The van der Waals surface area contributed by atoms with E-state index in [0.717, 1.165) is 5.56 Å². The van der Waals surface area contributed by atoms with Crippen molar-refractivity contribution in [2.45, 2.75) is 6.54 Å². The Labute approximate surface area is 153 Å². The van der Waals surface area contributed by atoms with E-state index in [2.05, 4.69) is 26.9 Å². The molecule has 0 bridgehead atoms. The van der Waals surface area contributed by atoms with Gasteiger partial charge in [0.15, 0.2) is 0 Å². The molecule has 7 nitrogen and oxygen atoms in total. The van der Waals surface area contributed by atoms with Crippen molar-refractivity contribution in [3.05, 3.63) is 57.6 Å². The number of nitriles is 1. The van der Waals surface area contributed by atoms with E-state index in [4.69, 9.17) is 33.2 Å². The van der Waals surface area contributed by atoms with Gasteiger partial charge < -0.3 is 10.1 Å². The molecule has 0 aliphatic carbocycles. The van der Waals surface area contributed by atoms with Crippen LogP contribution in [0.5, 0.6) is 5.75 Å². The van der Waals surface area contributed by atoms with E-state index >= 15 is 0 Å². The molecule has 0 aliphatic rings. The van der Waals surface area contributed by atoms with Crippen molar-refractivity contribution in [3.63, 3.8) is 0 Å². The molecule has 9 heteroatoms. The molecule has 0 aliphatic heterocycles. The van der Waals surface area contributed by atoms with Crippen LogP contribution in [0, 0.1) is 11.3 Å². The Bertz CT molecular complexity index is 950. The van der Waals surface area contributed by atoms with Crippen LogP contribution in [0.3, 0.4) is 0 Å². The molecule has 1 heterocycles. The summed E-state index contributed by atoms with van der Waals surface area (Å²) in [6.45, 7) is 0.396. The van der Waals surface area contributed by atoms with Gasteiger partial charge in [-0.25, -0.2) is 0 Å². The van der Waals surface area contributed by atoms with Crippen LogP contribution >= 0.6 is 23.2 Å². The van der Waals surface area contributed by atoms with Crippen molar-refractivity contribution in [1.29, 1.82) is 5.26 Å². The maximum absolute atomic E-state index is 8.97. The number of benzene rings is 2. The zero-order chi connectivity index (χ0) is 17.8. The maximum atomic E-state index is 8.97. The minimum atomic E-state index is 0.357. The van der Waals surface area contributed by atoms with Gasteiger partial charge in [0.1, 0.15) is 5.75 Å². The fourth-order valence-electron chi connectivity index (χ4n) is 2.25. The highest BCUT2D eigenvalue weighted by Gasteiger charge is 2.14. The zero-order valence-corrected chi connectivity index (χ0v) is 14.6. The summed E-state index contributed by atoms with van der Waals surface area (Å²) in [5.74, 6) is 1.00. The van der Waals surface area contributed by atoms with Gasteiger partial charge >= 0.3 is 0 Å². The van der Waals surface area contributed by atoms with Crippen LogP contribution < -0.4 is 10.1 Å². The smallest absolute Gasteiger partial charge is 0.248 e. The van der Waals surface area contributed by atoms with E-state index in [0.29, 0.717) is 39.5 Å². The summed E-state index contributed by atoms with van der Waals surface area (Å²) in [6, 6.07) is 12.5. The molecule has 3 rings (SSSR count). The van der Waals surface area contributed by atoms with E-state index in [-0.39, 0.29) is 0 Å². The molecule has 1 N–H and O–H groups in total. The molecule has 0 unspecified atom stereocenters. The van der Waals surface area contributed by atoms with Gasteiger partial charge in [-0.15, -0.1) is 0 Å². The van der Waals surface area contributed by atoms with Crippen molar-refractivity contribution in [3.8, 4) is 17.5 Å². The summed E-state index contributed by atoms with van der Waals surface area (Å²) in [5.41, 5.74) is 1.94. The molecule has 0 spiro atoms. The Morgan fingerprint density at radius 3 is 2.88 bits per heavy atom. The Kier molecular flexibility index (Phi) is 5.03. The van der Waals surface area contributed by atoms with Crippen molar-refractivity contribution in [2.24, 2.45) is 0 Å². The molecule has 0 fully saturated rings. The van der Waals surface area contributed by atoms with Gasteiger partial charge in [-0.1, -0.05) is 40.4 Å². The topological polar surface area (TPSA) is 88.7 Å². The van der Waals surface area contributed by atoms with Crippen LogP contribution in [-0.2, 0) is 6.54 Å². The Hall–Kier alpha value is -2.82. The second-order valence-corrected chi connectivity index (χ2v) is 5.76. The number of nitrogens with one attached hydrogen (secondary N) is 1. The van der Waals surface area contributed by atoms with Crippen LogP contribution in [-0.4, -0.2) is 27.3 Å². The third kappa shape index (κ3) is 3.50. The van der Waals surface area contributed by atoms with Crippen molar-refractivity contribution in [2.75, 3.05) is 12.4 Å². The third-order valence-electron chi connectivity index (χ3n) is 3.48. The van der Waals surface area contributed by atoms with Crippen LogP contribution in [0.4, 0.5) is 5.95 Å². The molecule has 2 aromatic carbocycles. The normalized spacial score (nSPS) is 10.3. The van der Waals surface area contributed by atoms with Gasteiger partial charge in [-0.05, 0) is 34.7 Å². The minimum Gasteiger partial charge on any atom is -0.496 e. The molecule has 3 aromatic rings. The molecule has 1 aromatic heterocycles. The molecular formula is C16H12Cl2N6O. The average Bonchev–Trinajstić information content (AvgIpc) is 3.10. The summed E-state index contributed by atoms with van der Waals surface area (Å²) in [4.78, 5) is 0. The first kappa shape index (κ1) is 17.0. The second kappa shape index (κ2) is 7.38. The predicted molar refractivity (Wildman–Crippen MR) is 94.2 cm³/mol. The molecular weight excluding hydrogens is 363 g/mol. The number of ether oxygens (including phenoxy) is 1. The lowest BCUT2D eigenvalue weighted by Crippen LogP contribution is -2.09. The largest absolute Gasteiger partial charge is 0.496 e. The van der Waals surface area contributed by atoms with Crippen molar-refractivity contribution in [1.82, 2.24) is 20.2 Å². The highest BCUT2D eigenvalue weighted by Crippen LogP contribution is 2.29. The quantitative estimate of drug-likeness (QED) is 0.735. The maximum Gasteiger partial charge on any atom is 0.248 e. The van der Waals surface area contributed by atoms with Crippen molar-refractivity contribution < 1.29 is 4.74 Å². The molecule has 25 heavy (non-hydrogen) atoms. The van der Waals surface area contributed by atoms with Crippen LogP contribution in [0.25, 0.3) is 5.69 Å². The number of methoxy groups -OCH3 is 1. The number of aromatic nitrogens is 4. The lowest BCUT2D eigenvalue weighted by Gasteiger charge is -2.11. The predicted octanol–water partition coefficient (Wildman–Crippen LogP) is 3.46. The van der Waals surface area contributed by atoms with Gasteiger partial charge in [-0.3, -0.25) is 0 Å². The first-order valence-corrected chi connectivity index (χ1v) is 7.93. The highest BCUT2D eigenvalue weighted by atomic mass is 35.5. The van der Waals surface area contributed by atoms with Gasteiger partial charge in [-0.2, -0.15) is 9.94 Å². The van der Waals surface area contributed by atoms with Gasteiger partial charge in [0.25, 0.3) is 0 Å². The lowest BCUT2D eigenvalue weighted by atomic mass is 10.1. The summed E-state index contributed by atoms with van der Waals surface area (Å²) < 4.78 is 6.78. The fraction of sp³-hybridized carbons (Fsp3) is 0.125. The van der Waals surface area contributed by atoms with Crippen LogP contribution in [0.15, 0.2) is 36.4 Å².